The van der Waals surface area contributed by atoms with Crippen molar-refractivity contribution in [3.05, 3.63) is 75.9 Å². The van der Waals surface area contributed by atoms with E-state index in [1.54, 1.807) is 48.2 Å². The fourth-order valence-electron chi connectivity index (χ4n) is 4.09. The summed E-state index contributed by atoms with van der Waals surface area (Å²) in [5.74, 6) is -1.35. The van der Waals surface area contributed by atoms with Crippen LogP contribution < -0.4 is 0 Å². The molecule has 0 spiro atoms. The number of nitrogens with zero attached hydrogens (tertiary/aromatic N) is 2. The molecule has 0 atom stereocenters. The third-order valence-electron chi connectivity index (χ3n) is 5.96. The van der Waals surface area contributed by atoms with Crippen molar-refractivity contribution in [3.63, 3.8) is 0 Å². The van der Waals surface area contributed by atoms with Gasteiger partial charge >= 0.3 is 5.97 Å². The van der Waals surface area contributed by atoms with E-state index < -0.39 is 17.0 Å². The van der Waals surface area contributed by atoms with Crippen molar-refractivity contribution in [2.75, 3.05) is 19.7 Å². The topological polar surface area (TPSA) is 84.0 Å². The maximum atomic E-state index is 13.4. The van der Waals surface area contributed by atoms with Crippen LogP contribution in [-0.2, 0) is 20.9 Å². The van der Waals surface area contributed by atoms with Gasteiger partial charge in [0.2, 0.25) is 0 Å². The van der Waals surface area contributed by atoms with Gasteiger partial charge in [-0.15, -0.1) is 0 Å². The second-order valence-corrected chi connectivity index (χ2v) is 9.33. The van der Waals surface area contributed by atoms with Gasteiger partial charge in [0, 0.05) is 18.7 Å². The predicted octanol–water partition coefficient (Wildman–Crippen LogP) is 4.48. The number of halogens is 1. The van der Waals surface area contributed by atoms with Crippen LogP contribution in [0.3, 0.4) is 0 Å². The third-order valence-corrected chi connectivity index (χ3v) is 6.87. The maximum absolute atomic E-state index is 13.4. The molecular formula is C26H25FN2O5S. The van der Waals surface area contributed by atoms with Gasteiger partial charge in [0.05, 0.1) is 24.0 Å². The van der Waals surface area contributed by atoms with E-state index in [9.17, 15) is 23.6 Å². The van der Waals surface area contributed by atoms with Crippen LogP contribution in [0.2, 0.25) is 0 Å². The summed E-state index contributed by atoms with van der Waals surface area (Å²) in [5.41, 5.74) is 1.72. The highest BCUT2D eigenvalue weighted by atomic mass is 32.2. The second kappa shape index (κ2) is 10.9. The van der Waals surface area contributed by atoms with Gasteiger partial charge in [-0.2, -0.15) is 0 Å². The molecule has 2 fully saturated rings. The average Bonchev–Trinajstić information content (AvgIpc) is 3.11. The number of piperidine rings is 1. The molecule has 2 saturated heterocycles. The van der Waals surface area contributed by atoms with E-state index in [0.717, 1.165) is 16.7 Å². The number of carbonyl (C=O) groups excluding carboxylic acids is 4. The number of esters is 1. The summed E-state index contributed by atoms with van der Waals surface area (Å²) in [6.45, 7) is 3.10. The summed E-state index contributed by atoms with van der Waals surface area (Å²) in [6, 6.07) is 12.6. The molecule has 182 valence electrons. The molecule has 0 unspecified atom stereocenters. The highest BCUT2D eigenvalue weighted by Crippen LogP contribution is 2.33. The number of benzene rings is 2. The number of imide groups is 1. The molecule has 2 aromatic carbocycles. The Labute approximate surface area is 206 Å². The van der Waals surface area contributed by atoms with Gasteiger partial charge in [-0.25, -0.2) is 4.39 Å². The first kappa shape index (κ1) is 24.7. The number of likely N-dealkylation sites (tertiary alicyclic amines) is 1. The Morgan fingerprint density at radius 2 is 1.83 bits per heavy atom. The van der Waals surface area contributed by atoms with E-state index in [1.165, 1.54) is 18.2 Å². The summed E-state index contributed by atoms with van der Waals surface area (Å²) in [5, 5.41) is -0.413. The first-order valence-electron chi connectivity index (χ1n) is 11.4. The number of hydrogen-bond acceptors (Lipinski definition) is 6. The zero-order chi connectivity index (χ0) is 24.9. The van der Waals surface area contributed by atoms with E-state index in [-0.39, 0.29) is 29.2 Å². The van der Waals surface area contributed by atoms with E-state index >= 15 is 0 Å². The average molecular weight is 497 g/mol. The Morgan fingerprint density at radius 1 is 1.11 bits per heavy atom. The number of hydrogen-bond donors (Lipinski definition) is 0. The van der Waals surface area contributed by atoms with E-state index in [0.29, 0.717) is 49.2 Å². The van der Waals surface area contributed by atoms with Crippen molar-refractivity contribution in [2.45, 2.75) is 26.3 Å². The van der Waals surface area contributed by atoms with Crippen LogP contribution in [0.15, 0.2) is 53.4 Å². The van der Waals surface area contributed by atoms with Crippen molar-refractivity contribution in [3.8, 4) is 0 Å². The summed E-state index contributed by atoms with van der Waals surface area (Å²) < 4.78 is 18.5. The van der Waals surface area contributed by atoms with Gasteiger partial charge in [-0.1, -0.05) is 24.3 Å². The van der Waals surface area contributed by atoms with Gasteiger partial charge in [0.15, 0.2) is 0 Å². The number of thioether (sulfide) groups is 1. The summed E-state index contributed by atoms with van der Waals surface area (Å²) in [4.78, 5) is 52.9. The molecule has 3 amide bonds. The molecule has 4 rings (SSSR count). The fraction of sp³-hybridized carbons (Fsp3) is 0.308. The van der Waals surface area contributed by atoms with Crippen molar-refractivity contribution in [2.24, 2.45) is 5.92 Å². The molecule has 0 aromatic heterocycles. The van der Waals surface area contributed by atoms with Crippen molar-refractivity contribution < 1.29 is 28.3 Å². The Balaban J connectivity index is 1.38. The Kier molecular flexibility index (Phi) is 7.65. The lowest BCUT2D eigenvalue weighted by molar-refractivity contribution is -0.149. The molecule has 2 aromatic rings. The van der Waals surface area contributed by atoms with E-state index in [2.05, 4.69) is 0 Å². The van der Waals surface area contributed by atoms with Gasteiger partial charge in [0.1, 0.15) is 5.82 Å². The van der Waals surface area contributed by atoms with Crippen LogP contribution in [-0.4, -0.2) is 52.5 Å². The number of rotatable bonds is 6. The first-order valence-corrected chi connectivity index (χ1v) is 12.2. The quantitative estimate of drug-likeness (QED) is 0.433. The molecule has 0 N–H and O–H groups in total. The Bertz CT molecular complexity index is 1170. The zero-order valence-corrected chi connectivity index (χ0v) is 20.1. The minimum atomic E-state index is -0.436. The van der Waals surface area contributed by atoms with Gasteiger partial charge < -0.3 is 9.64 Å². The molecule has 2 aliphatic rings. The number of carbonyl (C=O) groups is 4. The van der Waals surface area contributed by atoms with Gasteiger partial charge in [-0.3, -0.25) is 24.1 Å². The number of ether oxygens (including phenoxy) is 1. The second-order valence-electron chi connectivity index (χ2n) is 8.34. The lowest BCUT2D eigenvalue weighted by atomic mass is 9.96. The van der Waals surface area contributed by atoms with E-state index in [1.807, 2.05) is 0 Å². The molecule has 2 heterocycles. The minimum absolute atomic E-state index is 0.0000642. The normalized spacial score (nSPS) is 17.8. The van der Waals surface area contributed by atoms with Crippen LogP contribution >= 0.6 is 11.8 Å². The highest BCUT2D eigenvalue weighted by Gasteiger charge is 2.35. The Hall–Kier alpha value is -3.46. The summed E-state index contributed by atoms with van der Waals surface area (Å²) in [6.07, 6.45) is 2.76. The monoisotopic (exact) mass is 496 g/mol. The van der Waals surface area contributed by atoms with Crippen molar-refractivity contribution in [1.82, 2.24) is 9.80 Å². The molecule has 2 aliphatic heterocycles. The van der Waals surface area contributed by atoms with Crippen molar-refractivity contribution >= 4 is 40.9 Å². The summed E-state index contributed by atoms with van der Waals surface area (Å²) in [7, 11) is 0. The SMILES string of the molecule is CCOC(=O)C1CCN(C(=O)c2ccc(/C=C3\SC(=O)N(Cc4cccc(F)c4)C3=O)cc2)CC1. The number of amides is 3. The fourth-order valence-corrected chi connectivity index (χ4v) is 4.93. The van der Waals surface area contributed by atoms with Crippen LogP contribution in [0.4, 0.5) is 9.18 Å². The molecule has 0 aliphatic carbocycles. The lowest BCUT2D eigenvalue weighted by Gasteiger charge is -2.31. The van der Waals surface area contributed by atoms with Gasteiger partial charge in [0.25, 0.3) is 17.1 Å². The molecule has 35 heavy (non-hydrogen) atoms. The zero-order valence-electron chi connectivity index (χ0n) is 19.2. The maximum Gasteiger partial charge on any atom is 0.309 e. The van der Waals surface area contributed by atoms with Crippen LogP contribution in [0.25, 0.3) is 6.08 Å². The molecule has 0 bridgehead atoms. The highest BCUT2D eigenvalue weighted by molar-refractivity contribution is 8.18. The molecule has 7 nitrogen and oxygen atoms in total. The van der Waals surface area contributed by atoms with Gasteiger partial charge in [-0.05, 0) is 73.0 Å². The van der Waals surface area contributed by atoms with Crippen LogP contribution in [0, 0.1) is 11.7 Å². The van der Waals surface area contributed by atoms with Crippen LogP contribution in [0.5, 0.6) is 0 Å². The van der Waals surface area contributed by atoms with Crippen molar-refractivity contribution in [1.29, 1.82) is 0 Å². The minimum Gasteiger partial charge on any atom is -0.466 e. The predicted molar refractivity (Wildman–Crippen MR) is 130 cm³/mol. The molecular weight excluding hydrogens is 471 g/mol. The smallest absolute Gasteiger partial charge is 0.309 e. The molecule has 0 radical (unpaired) electrons. The van der Waals surface area contributed by atoms with Crippen LogP contribution in [0.1, 0.15) is 41.3 Å². The lowest BCUT2D eigenvalue weighted by Crippen LogP contribution is -2.40. The first-order chi connectivity index (χ1) is 16.9. The molecule has 0 saturated carbocycles. The standard InChI is InChI=1S/C26H25FN2O5S/c1-2-34-25(32)20-10-12-28(13-11-20)23(30)19-8-6-17(7-9-19)15-22-24(31)29(26(33)35-22)16-18-4-3-5-21(27)14-18/h3-9,14-15,20H,2,10-13,16H2,1H3/b22-15-. The molecule has 9 heteroatoms. The van der Waals surface area contributed by atoms with E-state index in [4.69, 9.17) is 4.74 Å². The third kappa shape index (κ3) is 5.79. The largest absolute Gasteiger partial charge is 0.466 e. The Morgan fingerprint density at radius 3 is 2.49 bits per heavy atom. The summed E-state index contributed by atoms with van der Waals surface area (Å²) >= 11 is 0.831.